The Balaban J connectivity index is 1.47. The monoisotopic (exact) mass is 391 g/mol. The van der Waals surface area contributed by atoms with E-state index >= 15 is 0 Å². The van der Waals surface area contributed by atoms with E-state index in [2.05, 4.69) is 15.7 Å². The van der Waals surface area contributed by atoms with Gasteiger partial charge in [0.05, 0.1) is 5.69 Å². The number of nitrogens with one attached hydrogen (secondary N) is 1. The first-order valence-electron chi connectivity index (χ1n) is 9.48. The number of anilines is 2. The summed E-state index contributed by atoms with van der Waals surface area (Å²) in [4.78, 5) is 39.2. The van der Waals surface area contributed by atoms with Gasteiger partial charge in [0, 0.05) is 5.69 Å². The van der Waals surface area contributed by atoms with E-state index in [1.165, 1.54) is 5.01 Å². The Kier molecular flexibility index (Phi) is 4.84. The first-order valence-corrected chi connectivity index (χ1v) is 9.48. The van der Waals surface area contributed by atoms with Gasteiger partial charge in [0.2, 0.25) is 5.91 Å². The van der Waals surface area contributed by atoms with Gasteiger partial charge < -0.3 is 5.32 Å². The largest absolute Gasteiger partial charge is 0.324 e. The SMILES string of the molecule is CCc1ccc(N2C(=O)[C@H]3N=NN(CC(=O)Nc4ccc(C)cc4)[C@@H]3C2=O)cc1. The molecule has 0 spiro atoms. The molecule has 29 heavy (non-hydrogen) atoms. The lowest BCUT2D eigenvalue weighted by Crippen LogP contribution is -2.43. The second-order valence-corrected chi connectivity index (χ2v) is 7.14. The Morgan fingerprint density at radius 3 is 2.38 bits per heavy atom. The summed E-state index contributed by atoms with van der Waals surface area (Å²) in [5.41, 5.74) is 3.36. The van der Waals surface area contributed by atoms with Crippen molar-refractivity contribution in [3.05, 3.63) is 59.7 Å². The quantitative estimate of drug-likeness (QED) is 0.793. The van der Waals surface area contributed by atoms with Crippen LogP contribution in [-0.4, -0.2) is 41.4 Å². The van der Waals surface area contributed by atoms with Gasteiger partial charge in [-0.15, -0.1) is 0 Å². The number of nitrogens with zero attached hydrogens (tertiary/aromatic N) is 4. The highest BCUT2D eigenvalue weighted by molar-refractivity contribution is 6.25. The van der Waals surface area contributed by atoms with Crippen LogP contribution in [0.4, 0.5) is 11.4 Å². The number of rotatable bonds is 5. The average molecular weight is 391 g/mol. The first-order chi connectivity index (χ1) is 14.0. The molecule has 1 saturated heterocycles. The molecule has 3 amide bonds. The van der Waals surface area contributed by atoms with Crippen molar-refractivity contribution in [2.45, 2.75) is 32.4 Å². The Labute approximate surface area is 168 Å². The molecule has 2 aromatic rings. The number of aryl methyl sites for hydroxylation is 2. The summed E-state index contributed by atoms with van der Waals surface area (Å²) in [6, 6.07) is 12.8. The van der Waals surface area contributed by atoms with Crippen LogP contribution >= 0.6 is 0 Å². The number of benzene rings is 2. The average Bonchev–Trinajstić information content (AvgIpc) is 3.23. The maximum atomic E-state index is 13.0. The summed E-state index contributed by atoms with van der Waals surface area (Å²) in [6.07, 6.45) is 0.867. The molecule has 148 valence electrons. The molecule has 4 rings (SSSR count). The van der Waals surface area contributed by atoms with E-state index in [0.29, 0.717) is 11.4 Å². The summed E-state index contributed by atoms with van der Waals surface area (Å²) in [7, 11) is 0. The molecule has 8 heteroatoms. The van der Waals surface area contributed by atoms with Crippen molar-refractivity contribution in [2.75, 3.05) is 16.8 Å². The molecule has 8 nitrogen and oxygen atoms in total. The third-order valence-corrected chi connectivity index (χ3v) is 5.10. The van der Waals surface area contributed by atoms with Crippen LogP contribution in [0.2, 0.25) is 0 Å². The smallest absolute Gasteiger partial charge is 0.263 e. The topological polar surface area (TPSA) is 94.4 Å². The summed E-state index contributed by atoms with van der Waals surface area (Å²) in [5.74, 6) is -1.17. The summed E-state index contributed by atoms with van der Waals surface area (Å²) >= 11 is 0. The zero-order valence-corrected chi connectivity index (χ0v) is 16.2. The van der Waals surface area contributed by atoms with Crippen molar-refractivity contribution < 1.29 is 14.4 Å². The molecular formula is C21H21N5O3. The molecule has 2 aliphatic heterocycles. The number of carbonyl (C=O) groups excluding carboxylic acids is 3. The summed E-state index contributed by atoms with van der Waals surface area (Å²) in [6.45, 7) is 3.83. The summed E-state index contributed by atoms with van der Waals surface area (Å²) < 4.78 is 0. The van der Waals surface area contributed by atoms with Gasteiger partial charge in [-0.3, -0.25) is 19.4 Å². The number of hydrogen-bond acceptors (Lipinski definition) is 6. The minimum absolute atomic E-state index is 0.166. The van der Waals surface area contributed by atoms with Gasteiger partial charge in [-0.25, -0.2) is 4.90 Å². The van der Waals surface area contributed by atoms with Crippen LogP contribution in [0, 0.1) is 6.92 Å². The molecule has 0 unspecified atom stereocenters. The van der Waals surface area contributed by atoms with Crippen LogP contribution in [0.15, 0.2) is 58.9 Å². The van der Waals surface area contributed by atoms with Gasteiger partial charge in [-0.1, -0.05) is 42.0 Å². The highest BCUT2D eigenvalue weighted by atomic mass is 16.2. The van der Waals surface area contributed by atoms with E-state index in [1.807, 2.05) is 38.1 Å². The fraction of sp³-hybridized carbons (Fsp3) is 0.286. The molecule has 2 aliphatic rings. The van der Waals surface area contributed by atoms with E-state index < -0.39 is 23.9 Å². The maximum Gasteiger partial charge on any atom is 0.263 e. The standard InChI is InChI=1S/C21H21N5O3/c1-3-14-6-10-16(11-7-14)26-20(28)18-19(21(26)29)25(24-23-18)12-17(27)22-15-8-4-13(2)5-9-15/h4-11,18-19H,3,12H2,1-2H3,(H,22,27)/t18-,19-/m0/s1. The Hall–Kier alpha value is -3.55. The van der Waals surface area contributed by atoms with E-state index in [-0.39, 0.29) is 12.5 Å². The summed E-state index contributed by atoms with van der Waals surface area (Å²) in [5, 5.41) is 11.9. The highest BCUT2D eigenvalue weighted by Gasteiger charge is 2.55. The molecule has 2 aromatic carbocycles. The van der Waals surface area contributed by atoms with Crippen molar-refractivity contribution in [3.63, 3.8) is 0 Å². The molecule has 0 saturated carbocycles. The highest BCUT2D eigenvalue weighted by Crippen LogP contribution is 2.31. The van der Waals surface area contributed by atoms with Gasteiger partial charge in [0.25, 0.3) is 11.8 Å². The van der Waals surface area contributed by atoms with Crippen LogP contribution in [0.5, 0.6) is 0 Å². The van der Waals surface area contributed by atoms with Crippen LogP contribution < -0.4 is 10.2 Å². The molecule has 1 N–H and O–H groups in total. The van der Waals surface area contributed by atoms with E-state index in [1.54, 1.807) is 24.3 Å². The maximum absolute atomic E-state index is 13.0. The van der Waals surface area contributed by atoms with Gasteiger partial charge >= 0.3 is 0 Å². The molecule has 0 aromatic heterocycles. The minimum atomic E-state index is -0.916. The van der Waals surface area contributed by atoms with Gasteiger partial charge in [0.1, 0.15) is 6.54 Å². The lowest BCUT2D eigenvalue weighted by atomic mass is 10.1. The normalized spacial score (nSPS) is 20.3. The first kappa shape index (κ1) is 18.8. The number of hydrogen-bond donors (Lipinski definition) is 1. The fourth-order valence-corrected chi connectivity index (χ4v) is 3.47. The fourth-order valence-electron chi connectivity index (χ4n) is 3.47. The zero-order chi connectivity index (χ0) is 20.5. The number of imide groups is 1. The van der Waals surface area contributed by atoms with Gasteiger partial charge in [0.15, 0.2) is 12.1 Å². The molecular weight excluding hydrogens is 370 g/mol. The van der Waals surface area contributed by atoms with Crippen LogP contribution in [0.25, 0.3) is 0 Å². The Morgan fingerprint density at radius 2 is 1.72 bits per heavy atom. The van der Waals surface area contributed by atoms with Crippen LogP contribution in [0.3, 0.4) is 0 Å². The van der Waals surface area contributed by atoms with Crippen molar-refractivity contribution in [3.8, 4) is 0 Å². The van der Waals surface area contributed by atoms with E-state index in [4.69, 9.17) is 0 Å². The van der Waals surface area contributed by atoms with Gasteiger partial charge in [-0.05, 0) is 43.2 Å². The molecule has 2 heterocycles. The molecule has 1 fully saturated rings. The molecule has 0 aliphatic carbocycles. The lowest BCUT2D eigenvalue weighted by molar-refractivity contribution is -0.123. The zero-order valence-electron chi connectivity index (χ0n) is 16.2. The molecule has 0 bridgehead atoms. The van der Waals surface area contributed by atoms with Crippen molar-refractivity contribution >= 4 is 29.1 Å². The van der Waals surface area contributed by atoms with Gasteiger partial charge in [-0.2, -0.15) is 5.11 Å². The van der Waals surface area contributed by atoms with Crippen LogP contribution in [-0.2, 0) is 20.8 Å². The lowest BCUT2D eigenvalue weighted by Gasteiger charge is -2.20. The second kappa shape index (κ2) is 7.46. The second-order valence-electron chi connectivity index (χ2n) is 7.14. The van der Waals surface area contributed by atoms with E-state index in [0.717, 1.165) is 22.4 Å². The molecule has 2 atom stereocenters. The third kappa shape index (κ3) is 3.49. The Morgan fingerprint density at radius 1 is 1.03 bits per heavy atom. The van der Waals surface area contributed by atoms with Crippen LogP contribution in [0.1, 0.15) is 18.1 Å². The van der Waals surface area contributed by atoms with E-state index in [9.17, 15) is 14.4 Å². The number of amides is 3. The number of carbonyl (C=O) groups is 3. The number of fused-ring (bicyclic) bond motifs is 1. The predicted molar refractivity (Wildman–Crippen MR) is 107 cm³/mol. The van der Waals surface area contributed by atoms with Crippen molar-refractivity contribution in [2.24, 2.45) is 10.3 Å². The third-order valence-electron chi connectivity index (χ3n) is 5.10. The molecule has 0 radical (unpaired) electrons. The Bertz CT molecular complexity index is 984. The predicted octanol–water partition coefficient (Wildman–Crippen LogP) is 2.49. The van der Waals surface area contributed by atoms with Crippen molar-refractivity contribution in [1.29, 1.82) is 0 Å². The minimum Gasteiger partial charge on any atom is -0.324 e. The van der Waals surface area contributed by atoms with Crippen molar-refractivity contribution in [1.82, 2.24) is 5.01 Å².